The summed E-state index contributed by atoms with van der Waals surface area (Å²) < 4.78 is 26.5. The van der Waals surface area contributed by atoms with Gasteiger partial charge in [0, 0.05) is 19.1 Å². The highest BCUT2D eigenvalue weighted by atomic mass is 35.5. The van der Waals surface area contributed by atoms with E-state index in [9.17, 15) is 8.42 Å². The van der Waals surface area contributed by atoms with Gasteiger partial charge in [-0.2, -0.15) is 0 Å². The summed E-state index contributed by atoms with van der Waals surface area (Å²) in [4.78, 5) is -0.0558. The molecular weight excluding hydrogens is 295 g/mol. The summed E-state index contributed by atoms with van der Waals surface area (Å²) in [6.07, 6.45) is 2.34. The highest BCUT2D eigenvalue weighted by Gasteiger charge is 2.22. The van der Waals surface area contributed by atoms with Crippen LogP contribution in [0, 0.1) is 0 Å². The topological polar surface area (TPSA) is 58.2 Å². The van der Waals surface area contributed by atoms with Crippen LogP contribution in [0.2, 0.25) is 10.0 Å². The maximum Gasteiger partial charge on any atom is 0.243 e. The van der Waals surface area contributed by atoms with Crippen LogP contribution in [-0.2, 0) is 10.0 Å². The fraction of sp³-hybridized carbons (Fsp3) is 0.455. The van der Waals surface area contributed by atoms with E-state index in [1.807, 2.05) is 0 Å². The molecule has 1 saturated carbocycles. The maximum atomic E-state index is 12.0. The molecule has 0 unspecified atom stereocenters. The van der Waals surface area contributed by atoms with Gasteiger partial charge in [-0.1, -0.05) is 29.3 Å². The van der Waals surface area contributed by atoms with Crippen molar-refractivity contribution in [3.8, 4) is 0 Å². The van der Waals surface area contributed by atoms with E-state index in [1.165, 1.54) is 25.0 Å². The van der Waals surface area contributed by atoms with Gasteiger partial charge in [-0.05, 0) is 25.0 Å². The molecule has 1 aliphatic carbocycles. The first-order valence-electron chi connectivity index (χ1n) is 5.68. The first-order valence-corrected chi connectivity index (χ1v) is 7.91. The molecule has 1 fully saturated rings. The minimum absolute atomic E-state index is 0.0558. The molecule has 4 nitrogen and oxygen atoms in total. The van der Waals surface area contributed by atoms with Gasteiger partial charge in [0.1, 0.15) is 4.90 Å². The molecule has 0 aliphatic heterocycles. The number of rotatable bonds is 6. The van der Waals surface area contributed by atoms with Crippen molar-refractivity contribution in [1.29, 1.82) is 0 Å². The van der Waals surface area contributed by atoms with Gasteiger partial charge in [0.2, 0.25) is 10.0 Å². The second-order valence-electron chi connectivity index (χ2n) is 4.18. The summed E-state index contributed by atoms with van der Waals surface area (Å²) >= 11 is 11.7. The molecule has 100 valence electrons. The van der Waals surface area contributed by atoms with Crippen LogP contribution < -0.4 is 10.0 Å². The molecule has 0 saturated heterocycles. The summed E-state index contributed by atoms with van der Waals surface area (Å²) in [6, 6.07) is 5.17. The highest BCUT2D eigenvalue weighted by molar-refractivity contribution is 7.89. The van der Waals surface area contributed by atoms with Gasteiger partial charge in [-0.25, -0.2) is 13.1 Å². The van der Waals surface area contributed by atoms with Crippen LogP contribution in [0.5, 0.6) is 0 Å². The largest absolute Gasteiger partial charge is 0.313 e. The van der Waals surface area contributed by atoms with Crippen LogP contribution >= 0.6 is 23.2 Å². The molecule has 0 atom stereocenters. The van der Waals surface area contributed by atoms with Gasteiger partial charge < -0.3 is 5.32 Å². The van der Waals surface area contributed by atoms with Gasteiger partial charge >= 0.3 is 0 Å². The Morgan fingerprint density at radius 1 is 1.17 bits per heavy atom. The smallest absolute Gasteiger partial charge is 0.243 e. The van der Waals surface area contributed by atoms with Crippen molar-refractivity contribution in [2.24, 2.45) is 0 Å². The van der Waals surface area contributed by atoms with E-state index in [1.54, 1.807) is 6.07 Å². The standard InChI is InChI=1S/C11H14Cl2N2O2S/c12-9-2-1-3-10(13)11(9)18(16,17)15-7-6-14-8-4-5-8/h1-3,8,14-15H,4-7H2. The van der Waals surface area contributed by atoms with Crippen LogP contribution in [0.15, 0.2) is 23.1 Å². The number of hydrogen-bond donors (Lipinski definition) is 2. The van der Waals surface area contributed by atoms with E-state index in [2.05, 4.69) is 10.0 Å². The summed E-state index contributed by atoms with van der Waals surface area (Å²) in [5.41, 5.74) is 0. The summed E-state index contributed by atoms with van der Waals surface area (Å²) in [6.45, 7) is 0.923. The summed E-state index contributed by atoms with van der Waals surface area (Å²) in [5, 5.41) is 3.48. The maximum absolute atomic E-state index is 12.0. The Morgan fingerprint density at radius 3 is 2.33 bits per heavy atom. The first-order chi connectivity index (χ1) is 8.50. The molecule has 7 heteroatoms. The third kappa shape index (κ3) is 3.59. The Bertz CT molecular complexity index is 510. The molecule has 0 spiro atoms. The lowest BCUT2D eigenvalue weighted by Gasteiger charge is -2.10. The lowest BCUT2D eigenvalue weighted by atomic mass is 10.4. The molecule has 2 rings (SSSR count). The molecule has 1 aromatic rings. The molecule has 18 heavy (non-hydrogen) atoms. The zero-order valence-electron chi connectivity index (χ0n) is 9.62. The van der Waals surface area contributed by atoms with E-state index >= 15 is 0 Å². The molecule has 1 aromatic carbocycles. The van der Waals surface area contributed by atoms with Crippen molar-refractivity contribution in [2.45, 2.75) is 23.8 Å². The minimum Gasteiger partial charge on any atom is -0.313 e. The highest BCUT2D eigenvalue weighted by Crippen LogP contribution is 2.28. The van der Waals surface area contributed by atoms with Crippen molar-refractivity contribution in [2.75, 3.05) is 13.1 Å². The lowest BCUT2D eigenvalue weighted by molar-refractivity contribution is 0.575. The Balaban J connectivity index is 2.00. The van der Waals surface area contributed by atoms with E-state index in [0.29, 0.717) is 19.1 Å². The average molecular weight is 309 g/mol. The zero-order chi connectivity index (χ0) is 13.2. The van der Waals surface area contributed by atoms with Gasteiger partial charge in [-0.3, -0.25) is 0 Å². The molecule has 0 heterocycles. The van der Waals surface area contributed by atoms with Crippen LogP contribution in [0.4, 0.5) is 0 Å². The molecule has 0 bridgehead atoms. The Labute approximate surface area is 117 Å². The third-order valence-corrected chi connectivity index (χ3v) is 5.03. The number of halogens is 2. The predicted octanol–water partition coefficient (Wildman–Crippen LogP) is 2.02. The van der Waals surface area contributed by atoms with Gasteiger partial charge in [-0.15, -0.1) is 0 Å². The van der Waals surface area contributed by atoms with E-state index < -0.39 is 10.0 Å². The van der Waals surface area contributed by atoms with Gasteiger partial charge in [0.05, 0.1) is 10.0 Å². The van der Waals surface area contributed by atoms with Gasteiger partial charge in [0.15, 0.2) is 0 Å². The quantitative estimate of drug-likeness (QED) is 0.791. The third-order valence-electron chi connectivity index (χ3n) is 2.62. The summed E-state index contributed by atoms with van der Waals surface area (Å²) in [7, 11) is -3.65. The minimum atomic E-state index is -3.65. The van der Waals surface area contributed by atoms with E-state index in [4.69, 9.17) is 23.2 Å². The van der Waals surface area contributed by atoms with Crippen molar-refractivity contribution in [1.82, 2.24) is 10.0 Å². The van der Waals surface area contributed by atoms with Crippen molar-refractivity contribution in [3.63, 3.8) is 0 Å². The first kappa shape index (κ1) is 14.1. The fourth-order valence-electron chi connectivity index (χ4n) is 1.56. The molecule has 0 amide bonds. The van der Waals surface area contributed by atoms with E-state index in [0.717, 1.165) is 0 Å². The van der Waals surface area contributed by atoms with Crippen LogP contribution in [0.1, 0.15) is 12.8 Å². The van der Waals surface area contributed by atoms with Crippen molar-refractivity contribution < 1.29 is 8.42 Å². The molecule has 1 aliphatic rings. The predicted molar refractivity (Wildman–Crippen MR) is 72.7 cm³/mol. The SMILES string of the molecule is O=S(=O)(NCCNC1CC1)c1c(Cl)cccc1Cl. The molecule has 0 radical (unpaired) electrons. The average Bonchev–Trinajstić information content (AvgIpc) is 3.07. The van der Waals surface area contributed by atoms with Crippen LogP contribution in [0.25, 0.3) is 0 Å². The Kier molecular flexibility index (Phi) is 4.50. The zero-order valence-corrected chi connectivity index (χ0v) is 11.9. The normalized spacial score (nSPS) is 15.9. The number of sulfonamides is 1. The van der Waals surface area contributed by atoms with Crippen molar-refractivity contribution in [3.05, 3.63) is 28.2 Å². The number of hydrogen-bond acceptors (Lipinski definition) is 3. The Morgan fingerprint density at radius 2 is 1.78 bits per heavy atom. The van der Waals surface area contributed by atoms with Crippen molar-refractivity contribution >= 4 is 33.2 Å². The Hall–Kier alpha value is -0.330. The fourth-order valence-corrected chi connectivity index (χ4v) is 3.73. The molecule has 0 aromatic heterocycles. The second-order valence-corrected chi connectivity index (χ2v) is 6.70. The number of nitrogens with one attached hydrogen (secondary N) is 2. The second kappa shape index (κ2) is 5.75. The number of benzene rings is 1. The van der Waals surface area contributed by atoms with E-state index in [-0.39, 0.29) is 14.9 Å². The molecule has 2 N–H and O–H groups in total. The summed E-state index contributed by atoms with van der Waals surface area (Å²) in [5.74, 6) is 0. The molecular formula is C11H14Cl2N2O2S. The van der Waals surface area contributed by atoms with Crippen LogP contribution in [0.3, 0.4) is 0 Å². The monoisotopic (exact) mass is 308 g/mol. The van der Waals surface area contributed by atoms with Crippen LogP contribution in [-0.4, -0.2) is 27.5 Å². The lowest BCUT2D eigenvalue weighted by Crippen LogP contribution is -2.33. The van der Waals surface area contributed by atoms with Gasteiger partial charge in [0.25, 0.3) is 0 Å².